The van der Waals surface area contributed by atoms with Gasteiger partial charge in [0.1, 0.15) is 6.61 Å². The molecule has 2 rings (SSSR count). The number of hydrogen-bond donors (Lipinski definition) is 1. The average Bonchev–Trinajstić information content (AvgIpc) is 2.37. The van der Waals surface area contributed by atoms with Gasteiger partial charge in [-0.2, -0.15) is 0 Å². The first-order chi connectivity index (χ1) is 8.25. The van der Waals surface area contributed by atoms with Gasteiger partial charge in [-0.1, -0.05) is 36.8 Å². The number of ether oxygens (including phenoxy) is 1. The van der Waals surface area contributed by atoms with Crippen LogP contribution < -0.4 is 0 Å². The summed E-state index contributed by atoms with van der Waals surface area (Å²) in [7, 11) is 0. The van der Waals surface area contributed by atoms with Gasteiger partial charge in [0.15, 0.2) is 0 Å². The third kappa shape index (κ3) is 3.56. The lowest BCUT2D eigenvalue weighted by molar-refractivity contribution is -0.152. The molecule has 0 aromatic heterocycles. The van der Waals surface area contributed by atoms with Gasteiger partial charge in [-0.3, -0.25) is 4.79 Å². The Morgan fingerprint density at radius 1 is 1.29 bits per heavy atom. The number of esters is 1. The normalized spacial score (nSPS) is 24.3. The second-order valence-electron chi connectivity index (χ2n) is 4.61. The molecule has 3 nitrogen and oxygen atoms in total. The quantitative estimate of drug-likeness (QED) is 0.816. The van der Waals surface area contributed by atoms with E-state index in [4.69, 9.17) is 4.74 Å². The zero-order chi connectivity index (χ0) is 12.1. The number of aliphatic hydroxyl groups excluding tert-OH is 1. The molecule has 1 aromatic carbocycles. The van der Waals surface area contributed by atoms with Crippen molar-refractivity contribution in [1.29, 1.82) is 0 Å². The molecular formula is C14H18O3. The number of aliphatic hydroxyl groups is 1. The van der Waals surface area contributed by atoms with E-state index in [9.17, 15) is 9.90 Å². The van der Waals surface area contributed by atoms with E-state index < -0.39 is 0 Å². The summed E-state index contributed by atoms with van der Waals surface area (Å²) in [5, 5.41) is 9.51. The highest BCUT2D eigenvalue weighted by Crippen LogP contribution is 2.25. The first-order valence-electron chi connectivity index (χ1n) is 6.14. The maximum Gasteiger partial charge on any atom is 0.309 e. The van der Waals surface area contributed by atoms with Gasteiger partial charge >= 0.3 is 5.97 Å². The zero-order valence-corrected chi connectivity index (χ0v) is 9.84. The van der Waals surface area contributed by atoms with E-state index in [0.29, 0.717) is 13.0 Å². The van der Waals surface area contributed by atoms with Crippen LogP contribution in [0.1, 0.15) is 31.2 Å². The maximum absolute atomic E-state index is 11.8. The smallest absolute Gasteiger partial charge is 0.309 e. The lowest BCUT2D eigenvalue weighted by atomic mass is 9.87. The molecule has 0 amide bonds. The molecule has 0 bridgehead atoms. The Balaban J connectivity index is 1.81. The van der Waals surface area contributed by atoms with Gasteiger partial charge in [0.25, 0.3) is 0 Å². The fourth-order valence-corrected chi connectivity index (χ4v) is 2.22. The van der Waals surface area contributed by atoms with Crippen LogP contribution in [0.2, 0.25) is 0 Å². The molecule has 0 saturated heterocycles. The maximum atomic E-state index is 11.8. The van der Waals surface area contributed by atoms with Crippen molar-refractivity contribution in [2.24, 2.45) is 5.92 Å². The minimum Gasteiger partial charge on any atom is -0.461 e. The summed E-state index contributed by atoms with van der Waals surface area (Å²) >= 11 is 0. The van der Waals surface area contributed by atoms with Crippen LogP contribution in [-0.4, -0.2) is 17.2 Å². The number of rotatable bonds is 3. The minimum absolute atomic E-state index is 0.123. The monoisotopic (exact) mass is 234 g/mol. The first-order valence-corrected chi connectivity index (χ1v) is 6.14. The molecule has 0 radical (unpaired) electrons. The summed E-state index contributed by atoms with van der Waals surface area (Å²) in [5.41, 5.74) is 0.997. The Morgan fingerprint density at radius 3 is 2.76 bits per heavy atom. The molecule has 0 spiro atoms. The van der Waals surface area contributed by atoms with Crippen molar-refractivity contribution in [3.05, 3.63) is 35.9 Å². The second kappa shape index (κ2) is 5.82. The van der Waals surface area contributed by atoms with Gasteiger partial charge in [0.05, 0.1) is 12.0 Å². The Labute approximate surface area is 101 Å². The molecule has 1 N–H and O–H groups in total. The van der Waals surface area contributed by atoms with Gasteiger partial charge in [0.2, 0.25) is 0 Å². The highest BCUT2D eigenvalue weighted by molar-refractivity contribution is 5.72. The van der Waals surface area contributed by atoms with Crippen molar-refractivity contribution in [2.45, 2.75) is 38.4 Å². The van der Waals surface area contributed by atoms with E-state index in [2.05, 4.69) is 0 Å². The summed E-state index contributed by atoms with van der Waals surface area (Å²) < 4.78 is 5.27. The van der Waals surface area contributed by atoms with Gasteiger partial charge in [0, 0.05) is 0 Å². The minimum atomic E-state index is -0.335. The van der Waals surface area contributed by atoms with E-state index in [1.807, 2.05) is 30.3 Å². The number of carbonyl (C=O) groups excluding carboxylic acids is 1. The molecule has 1 saturated carbocycles. The van der Waals surface area contributed by atoms with Crippen LogP contribution in [0, 0.1) is 5.92 Å². The largest absolute Gasteiger partial charge is 0.461 e. The van der Waals surface area contributed by atoms with E-state index in [1.54, 1.807) is 0 Å². The highest BCUT2D eigenvalue weighted by Gasteiger charge is 2.27. The number of carbonyl (C=O) groups is 1. The van der Waals surface area contributed by atoms with Crippen molar-refractivity contribution in [3.8, 4) is 0 Å². The molecule has 2 atom stereocenters. The molecule has 1 fully saturated rings. The van der Waals surface area contributed by atoms with Crippen LogP contribution in [0.3, 0.4) is 0 Å². The van der Waals surface area contributed by atoms with E-state index in [1.165, 1.54) is 0 Å². The third-order valence-electron chi connectivity index (χ3n) is 3.20. The van der Waals surface area contributed by atoms with Crippen LogP contribution >= 0.6 is 0 Å². The molecule has 1 aromatic rings. The predicted octanol–water partition coefficient (Wildman–Crippen LogP) is 2.28. The third-order valence-corrected chi connectivity index (χ3v) is 3.20. The average molecular weight is 234 g/mol. The van der Waals surface area contributed by atoms with Crippen molar-refractivity contribution < 1.29 is 14.6 Å². The molecular weight excluding hydrogens is 216 g/mol. The molecule has 0 aliphatic heterocycles. The van der Waals surface area contributed by atoms with E-state index in [0.717, 1.165) is 24.8 Å². The van der Waals surface area contributed by atoms with E-state index >= 15 is 0 Å². The van der Waals surface area contributed by atoms with Crippen LogP contribution in [0.5, 0.6) is 0 Å². The van der Waals surface area contributed by atoms with Gasteiger partial charge in [-0.15, -0.1) is 0 Å². The Hall–Kier alpha value is -1.35. The zero-order valence-electron chi connectivity index (χ0n) is 9.84. The Bertz CT molecular complexity index is 361. The summed E-state index contributed by atoms with van der Waals surface area (Å²) in [6, 6.07) is 9.65. The fourth-order valence-electron chi connectivity index (χ4n) is 2.22. The molecule has 92 valence electrons. The van der Waals surface area contributed by atoms with Gasteiger partial charge in [-0.25, -0.2) is 0 Å². The predicted molar refractivity (Wildman–Crippen MR) is 64.2 cm³/mol. The van der Waals surface area contributed by atoms with Crippen LogP contribution in [0.25, 0.3) is 0 Å². The summed E-state index contributed by atoms with van der Waals surface area (Å²) in [5.74, 6) is -0.296. The van der Waals surface area contributed by atoms with Crippen molar-refractivity contribution in [1.82, 2.24) is 0 Å². The van der Waals surface area contributed by atoms with Crippen molar-refractivity contribution in [3.63, 3.8) is 0 Å². The molecule has 0 unspecified atom stereocenters. The van der Waals surface area contributed by atoms with Gasteiger partial charge < -0.3 is 9.84 Å². The standard InChI is InChI=1S/C14H18O3/c15-13-8-4-7-12(9-13)14(16)17-10-11-5-2-1-3-6-11/h1-3,5-6,12-13,15H,4,7-10H2/t12-,13+/m0/s1. The van der Waals surface area contributed by atoms with E-state index in [-0.39, 0.29) is 18.0 Å². The summed E-state index contributed by atoms with van der Waals surface area (Å²) in [6.07, 6.45) is 2.77. The van der Waals surface area contributed by atoms with Crippen LogP contribution in [-0.2, 0) is 16.1 Å². The fraction of sp³-hybridized carbons (Fsp3) is 0.500. The summed E-state index contributed by atoms with van der Waals surface area (Å²) in [4.78, 5) is 11.8. The van der Waals surface area contributed by atoms with Crippen LogP contribution in [0.4, 0.5) is 0 Å². The Morgan fingerprint density at radius 2 is 2.06 bits per heavy atom. The second-order valence-corrected chi connectivity index (χ2v) is 4.61. The molecule has 0 heterocycles. The molecule has 1 aliphatic rings. The lowest BCUT2D eigenvalue weighted by Crippen LogP contribution is -2.27. The first kappa shape index (κ1) is 12.1. The van der Waals surface area contributed by atoms with Gasteiger partial charge in [-0.05, 0) is 24.8 Å². The molecule has 17 heavy (non-hydrogen) atoms. The lowest BCUT2D eigenvalue weighted by Gasteiger charge is -2.24. The Kier molecular flexibility index (Phi) is 4.15. The van der Waals surface area contributed by atoms with Crippen molar-refractivity contribution in [2.75, 3.05) is 0 Å². The number of hydrogen-bond acceptors (Lipinski definition) is 3. The van der Waals surface area contributed by atoms with Crippen LogP contribution in [0.15, 0.2) is 30.3 Å². The van der Waals surface area contributed by atoms with Crippen molar-refractivity contribution >= 4 is 5.97 Å². The highest BCUT2D eigenvalue weighted by atomic mass is 16.5. The summed E-state index contributed by atoms with van der Waals surface area (Å²) in [6.45, 7) is 0.326. The molecule has 1 aliphatic carbocycles. The SMILES string of the molecule is O=C(OCc1ccccc1)[C@H]1CCC[C@@H](O)C1. The molecule has 3 heteroatoms. The number of benzene rings is 1. The topological polar surface area (TPSA) is 46.5 Å².